The van der Waals surface area contributed by atoms with Gasteiger partial charge < -0.3 is 5.32 Å². The smallest absolute Gasteiger partial charge is 0.0423 e. The van der Waals surface area contributed by atoms with E-state index in [9.17, 15) is 0 Å². The van der Waals surface area contributed by atoms with Crippen molar-refractivity contribution in [3.63, 3.8) is 0 Å². The predicted molar refractivity (Wildman–Crippen MR) is 72.7 cm³/mol. The summed E-state index contributed by atoms with van der Waals surface area (Å²) < 4.78 is 1.26. The highest BCUT2D eigenvalue weighted by Gasteiger charge is 2.14. The van der Waals surface area contributed by atoms with Crippen molar-refractivity contribution >= 4 is 27.3 Å². The summed E-state index contributed by atoms with van der Waals surface area (Å²) in [4.78, 5) is 2.83. The lowest BCUT2D eigenvalue weighted by molar-refractivity contribution is 0.517. The fraction of sp³-hybridized carbons (Fsp3) is 0.667. The van der Waals surface area contributed by atoms with Crippen LogP contribution in [0.3, 0.4) is 0 Å². The Balaban J connectivity index is 2.61. The molecule has 1 nitrogen and oxygen atoms in total. The maximum absolute atomic E-state index is 3.64. The first-order valence-electron chi connectivity index (χ1n) is 5.62. The van der Waals surface area contributed by atoms with Crippen LogP contribution in [0.15, 0.2) is 10.5 Å². The van der Waals surface area contributed by atoms with E-state index in [2.05, 4.69) is 48.2 Å². The van der Waals surface area contributed by atoms with Crippen LogP contribution in [-0.2, 0) is 0 Å². The van der Waals surface area contributed by atoms with Gasteiger partial charge in [-0.1, -0.05) is 26.2 Å². The molecule has 1 heterocycles. The van der Waals surface area contributed by atoms with E-state index < -0.39 is 0 Å². The Kier molecular flexibility index (Phi) is 5.87. The molecule has 0 aromatic carbocycles. The number of thiophene rings is 1. The first-order valence-corrected chi connectivity index (χ1v) is 7.23. The van der Waals surface area contributed by atoms with Crippen LogP contribution < -0.4 is 5.32 Å². The molecule has 0 spiro atoms. The lowest BCUT2D eigenvalue weighted by Crippen LogP contribution is -2.15. The molecule has 0 fully saturated rings. The second kappa shape index (κ2) is 6.66. The second-order valence-corrected chi connectivity index (χ2v) is 6.05. The van der Waals surface area contributed by atoms with Crippen molar-refractivity contribution in [3.8, 4) is 0 Å². The molecule has 1 aromatic rings. The van der Waals surface area contributed by atoms with Crippen LogP contribution >= 0.6 is 27.3 Å². The van der Waals surface area contributed by atoms with E-state index in [1.807, 2.05) is 11.3 Å². The van der Waals surface area contributed by atoms with Crippen molar-refractivity contribution < 1.29 is 0 Å². The fourth-order valence-electron chi connectivity index (χ4n) is 1.74. The lowest BCUT2D eigenvalue weighted by atomic mass is 10.1. The van der Waals surface area contributed by atoms with Gasteiger partial charge in [0.1, 0.15) is 0 Å². The van der Waals surface area contributed by atoms with Crippen molar-refractivity contribution in [1.29, 1.82) is 0 Å². The topological polar surface area (TPSA) is 12.0 Å². The fourth-order valence-corrected chi connectivity index (χ4v) is 3.82. The minimum atomic E-state index is 0.518. The number of aryl methyl sites for hydroxylation is 1. The summed E-state index contributed by atoms with van der Waals surface area (Å²) in [6.45, 7) is 4.41. The molecule has 3 heteroatoms. The third-order valence-electron chi connectivity index (χ3n) is 2.60. The van der Waals surface area contributed by atoms with E-state index in [0.29, 0.717) is 6.04 Å². The van der Waals surface area contributed by atoms with Gasteiger partial charge in [-0.2, -0.15) is 0 Å². The Bertz CT molecular complexity index is 296. The Labute approximate surface area is 105 Å². The predicted octanol–water partition coefficient (Wildman–Crippen LogP) is 4.66. The molecular weight excluding hydrogens is 270 g/mol. The van der Waals surface area contributed by atoms with Crippen molar-refractivity contribution in [3.05, 3.63) is 20.3 Å². The van der Waals surface area contributed by atoms with Gasteiger partial charge in [0.05, 0.1) is 0 Å². The van der Waals surface area contributed by atoms with E-state index in [0.717, 1.165) is 0 Å². The minimum Gasteiger partial charge on any atom is -0.312 e. The molecular formula is C12H20BrNS. The molecule has 86 valence electrons. The van der Waals surface area contributed by atoms with Crippen molar-refractivity contribution in [2.24, 2.45) is 0 Å². The van der Waals surface area contributed by atoms with Gasteiger partial charge in [0, 0.05) is 20.3 Å². The Hall–Kier alpha value is 0.140. The van der Waals surface area contributed by atoms with Crippen LogP contribution in [0, 0.1) is 6.92 Å². The average Bonchev–Trinajstić information content (AvgIpc) is 2.53. The highest BCUT2D eigenvalue weighted by Crippen LogP contribution is 2.34. The van der Waals surface area contributed by atoms with Crippen LogP contribution in [-0.4, -0.2) is 7.05 Å². The molecule has 0 aliphatic heterocycles. The summed E-state index contributed by atoms with van der Waals surface area (Å²) in [5.74, 6) is 0. The van der Waals surface area contributed by atoms with Gasteiger partial charge in [-0.05, 0) is 42.4 Å². The van der Waals surface area contributed by atoms with Crippen LogP contribution in [0.1, 0.15) is 48.4 Å². The molecule has 1 aromatic heterocycles. The monoisotopic (exact) mass is 289 g/mol. The van der Waals surface area contributed by atoms with Gasteiger partial charge in [0.15, 0.2) is 0 Å². The number of nitrogens with one attached hydrogen (secondary N) is 1. The normalized spacial score (nSPS) is 13.1. The van der Waals surface area contributed by atoms with E-state index in [1.54, 1.807) is 0 Å². The standard InChI is InChI=1S/C12H20BrNS/c1-4-5-6-7-11(14-3)12-10(13)8-9(2)15-12/h8,11,14H,4-7H2,1-3H3. The molecule has 1 atom stereocenters. The molecule has 1 rings (SSSR count). The van der Waals surface area contributed by atoms with E-state index in [1.165, 1.54) is 39.9 Å². The number of unbranched alkanes of at least 4 members (excludes halogenated alkanes) is 2. The molecule has 0 aliphatic rings. The molecule has 0 bridgehead atoms. The Morgan fingerprint density at radius 3 is 2.67 bits per heavy atom. The van der Waals surface area contributed by atoms with E-state index in [-0.39, 0.29) is 0 Å². The Morgan fingerprint density at radius 2 is 2.20 bits per heavy atom. The third kappa shape index (κ3) is 3.89. The van der Waals surface area contributed by atoms with Gasteiger partial charge in [-0.25, -0.2) is 0 Å². The van der Waals surface area contributed by atoms with Gasteiger partial charge in [-0.15, -0.1) is 11.3 Å². The zero-order chi connectivity index (χ0) is 11.3. The van der Waals surface area contributed by atoms with Crippen LogP contribution in [0.5, 0.6) is 0 Å². The SMILES string of the molecule is CCCCCC(NC)c1sc(C)cc1Br. The molecule has 0 aliphatic carbocycles. The molecule has 0 saturated carbocycles. The lowest BCUT2D eigenvalue weighted by Gasteiger charge is -2.14. The number of rotatable bonds is 6. The van der Waals surface area contributed by atoms with Crippen molar-refractivity contribution in [2.45, 2.75) is 45.6 Å². The van der Waals surface area contributed by atoms with Crippen molar-refractivity contribution in [1.82, 2.24) is 5.32 Å². The van der Waals surface area contributed by atoms with Crippen LogP contribution in [0.4, 0.5) is 0 Å². The first kappa shape index (κ1) is 13.2. The number of halogens is 1. The Morgan fingerprint density at radius 1 is 1.47 bits per heavy atom. The third-order valence-corrected chi connectivity index (χ3v) is 4.68. The molecule has 0 saturated heterocycles. The molecule has 15 heavy (non-hydrogen) atoms. The highest BCUT2D eigenvalue weighted by molar-refractivity contribution is 9.10. The molecule has 0 radical (unpaired) electrons. The zero-order valence-corrected chi connectivity index (χ0v) is 12.2. The van der Waals surface area contributed by atoms with Crippen molar-refractivity contribution in [2.75, 3.05) is 7.05 Å². The van der Waals surface area contributed by atoms with Crippen LogP contribution in [0.25, 0.3) is 0 Å². The number of hydrogen-bond donors (Lipinski definition) is 1. The second-order valence-electron chi connectivity index (χ2n) is 3.91. The maximum Gasteiger partial charge on any atom is 0.0423 e. The minimum absolute atomic E-state index is 0.518. The zero-order valence-electron chi connectivity index (χ0n) is 9.77. The molecule has 1 N–H and O–H groups in total. The summed E-state index contributed by atoms with van der Waals surface area (Å²) in [5, 5.41) is 3.41. The van der Waals surface area contributed by atoms with E-state index >= 15 is 0 Å². The number of hydrogen-bond acceptors (Lipinski definition) is 2. The summed E-state index contributed by atoms with van der Waals surface area (Å²) in [6, 6.07) is 2.73. The maximum atomic E-state index is 3.64. The van der Waals surface area contributed by atoms with Gasteiger partial charge in [-0.3, -0.25) is 0 Å². The van der Waals surface area contributed by atoms with E-state index in [4.69, 9.17) is 0 Å². The highest BCUT2D eigenvalue weighted by atomic mass is 79.9. The summed E-state index contributed by atoms with van der Waals surface area (Å²) in [5.41, 5.74) is 0. The largest absolute Gasteiger partial charge is 0.312 e. The molecule has 1 unspecified atom stereocenters. The van der Waals surface area contributed by atoms with Gasteiger partial charge >= 0.3 is 0 Å². The van der Waals surface area contributed by atoms with Gasteiger partial charge in [0.25, 0.3) is 0 Å². The summed E-state index contributed by atoms with van der Waals surface area (Å²) in [7, 11) is 2.05. The summed E-state index contributed by atoms with van der Waals surface area (Å²) in [6.07, 6.45) is 5.18. The van der Waals surface area contributed by atoms with Crippen LogP contribution in [0.2, 0.25) is 0 Å². The first-order chi connectivity index (χ1) is 7.19. The molecule has 0 amide bonds. The van der Waals surface area contributed by atoms with Gasteiger partial charge in [0.2, 0.25) is 0 Å². The average molecular weight is 290 g/mol. The quantitative estimate of drug-likeness (QED) is 0.751. The summed E-state index contributed by atoms with van der Waals surface area (Å²) >= 11 is 5.53.